The van der Waals surface area contributed by atoms with Crippen LogP contribution in [0.4, 0.5) is 0 Å². The lowest BCUT2D eigenvalue weighted by Gasteiger charge is -2.04. The number of nitro groups is 1. The molecule has 0 aliphatic heterocycles. The maximum atomic E-state index is 10.4. The van der Waals surface area contributed by atoms with Gasteiger partial charge in [-0.3, -0.25) is 30.1 Å². The van der Waals surface area contributed by atoms with Crippen LogP contribution in [-0.2, 0) is 9.59 Å². The number of carboxylic acid groups (broad SMARTS) is 1. The predicted octanol–water partition coefficient (Wildman–Crippen LogP) is -3.75. The third kappa shape index (κ3) is 4.37. The summed E-state index contributed by atoms with van der Waals surface area (Å²) in [6.45, 7) is 0. The fourth-order valence-electron chi connectivity index (χ4n) is 1.59. The highest BCUT2D eigenvalue weighted by Gasteiger charge is 2.64. The number of carboxylic acids is 1. The first-order valence-corrected chi connectivity index (χ1v) is 5.63. The van der Waals surface area contributed by atoms with Gasteiger partial charge in [0.05, 0.1) is 40.1 Å². The number of aliphatic carboxylic acids is 1. The summed E-state index contributed by atoms with van der Waals surface area (Å²) >= 11 is 0. The van der Waals surface area contributed by atoms with Crippen LogP contribution in [0.25, 0.3) is 0 Å². The van der Waals surface area contributed by atoms with Crippen LogP contribution >= 0.6 is 0 Å². The van der Waals surface area contributed by atoms with Gasteiger partial charge in [0, 0.05) is 4.92 Å². The molecule has 1 fully saturated rings. The average molecular weight is 289 g/mol. The van der Waals surface area contributed by atoms with Gasteiger partial charge in [0.15, 0.2) is 0 Å². The molecular formula is C10H19N5O5. The smallest absolute Gasteiger partial charge is 0.344 e. The summed E-state index contributed by atoms with van der Waals surface area (Å²) in [5.74, 6) is -4.35. The van der Waals surface area contributed by atoms with E-state index in [2.05, 4.69) is 0 Å². The number of guanidine groups is 1. The van der Waals surface area contributed by atoms with Crippen molar-refractivity contribution < 1.29 is 24.2 Å². The van der Waals surface area contributed by atoms with Gasteiger partial charge in [0.25, 0.3) is 0 Å². The fraction of sp³-hybridized carbons (Fsp3) is 0.700. The van der Waals surface area contributed by atoms with Gasteiger partial charge >= 0.3 is 5.96 Å². The highest BCUT2D eigenvalue weighted by molar-refractivity contribution is 5.89. The highest BCUT2D eigenvalue weighted by Crippen LogP contribution is 2.40. The van der Waals surface area contributed by atoms with Crippen molar-refractivity contribution >= 4 is 17.8 Å². The molecule has 0 radical (unpaired) electrons. The standard InChI is InChI=1S/C5H13N3.C5H6N2O5/c1-7(2)5(6)8(3)4;6-4(8)1-2(5(9)10)3(1)7(11)12/h6H,1-4H3;1-3H,(H2,6,8)(H,9,10)/t;1-,2+,3+/m.1/s1. The maximum absolute atomic E-state index is 10.4. The minimum absolute atomic E-state index is 0.769. The van der Waals surface area contributed by atoms with Crippen molar-refractivity contribution in [2.24, 2.45) is 23.3 Å². The van der Waals surface area contributed by atoms with Gasteiger partial charge in [0.2, 0.25) is 11.9 Å². The number of hydrogen-bond donors (Lipinski definition) is 2. The van der Waals surface area contributed by atoms with Gasteiger partial charge < -0.3 is 15.6 Å². The molecule has 0 aromatic rings. The minimum atomic E-state index is -1.60. The van der Waals surface area contributed by atoms with Crippen molar-refractivity contribution in [1.29, 1.82) is 0 Å². The molecular weight excluding hydrogens is 270 g/mol. The van der Waals surface area contributed by atoms with E-state index in [1.165, 1.54) is 0 Å². The van der Waals surface area contributed by atoms with Crippen LogP contribution in [-0.4, -0.2) is 66.5 Å². The Labute approximate surface area is 115 Å². The minimum Gasteiger partial charge on any atom is -0.550 e. The lowest BCUT2D eigenvalue weighted by Crippen LogP contribution is -2.36. The Balaban J connectivity index is 0.000000396. The zero-order chi connectivity index (χ0) is 16.2. The number of rotatable bonds is 3. The second-order valence-corrected chi connectivity index (χ2v) is 4.70. The summed E-state index contributed by atoms with van der Waals surface area (Å²) in [7, 11) is 7.65. The lowest BCUT2D eigenvalue weighted by molar-refractivity contribution is -0.500. The number of nitrogens with two attached hydrogens (primary N) is 2. The first kappa shape index (κ1) is 17.6. The van der Waals surface area contributed by atoms with Crippen molar-refractivity contribution in [3.63, 3.8) is 0 Å². The summed E-state index contributed by atoms with van der Waals surface area (Å²) in [6, 6.07) is -1.40. The molecule has 1 saturated carbocycles. The number of nitrogens with zero attached hydrogens (tertiary/aromatic N) is 3. The summed E-state index contributed by atoms with van der Waals surface area (Å²) in [5, 5.41) is 20.3. The number of amides is 1. The Morgan fingerprint density at radius 1 is 1.15 bits per heavy atom. The van der Waals surface area contributed by atoms with Crippen LogP contribution in [0.15, 0.2) is 0 Å². The van der Waals surface area contributed by atoms with Crippen molar-refractivity contribution in [3.05, 3.63) is 10.1 Å². The topological polar surface area (TPSA) is 159 Å². The molecule has 1 amide bonds. The van der Waals surface area contributed by atoms with Crippen LogP contribution in [0.3, 0.4) is 0 Å². The number of hydrogen-bond acceptors (Lipinski definition) is 5. The average Bonchev–Trinajstić information content (AvgIpc) is 3.03. The van der Waals surface area contributed by atoms with Crippen LogP contribution in [0.5, 0.6) is 0 Å². The molecule has 0 saturated heterocycles. The monoisotopic (exact) mass is 289 g/mol. The van der Waals surface area contributed by atoms with E-state index in [1.54, 1.807) is 0 Å². The molecule has 0 aromatic heterocycles. The summed E-state index contributed by atoms with van der Waals surface area (Å²) in [4.78, 5) is 31.7. The third-order valence-corrected chi connectivity index (χ3v) is 2.74. The Morgan fingerprint density at radius 3 is 1.65 bits per heavy atom. The molecule has 10 nitrogen and oxygen atoms in total. The maximum Gasteiger partial charge on any atom is 0.344 e. The van der Waals surface area contributed by atoms with E-state index in [1.807, 2.05) is 37.7 Å². The van der Waals surface area contributed by atoms with Crippen molar-refractivity contribution in [2.45, 2.75) is 6.04 Å². The molecule has 114 valence electrons. The number of carbonyl (C=O) groups excluding carboxylic acids is 2. The number of carbonyl (C=O) groups is 2. The molecule has 0 unspecified atom stereocenters. The van der Waals surface area contributed by atoms with Gasteiger partial charge in [-0.1, -0.05) is 0 Å². The SMILES string of the molecule is CN(C)C(N)=[N+](C)C.NC(=O)[C@@H]1[C@H](C(=O)[O-])[C@H]1[N+](=O)[O-]. The van der Waals surface area contributed by atoms with Crippen molar-refractivity contribution in [1.82, 2.24) is 4.90 Å². The first-order valence-electron chi connectivity index (χ1n) is 5.63. The molecule has 3 atom stereocenters. The highest BCUT2D eigenvalue weighted by atomic mass is 16.6. The fourth-order valence-corrected chi connectivity index (χ4v) is 1.59. The van der Waals surface area contributed by atoms with Crippen molar-refractivity contribution in [3.8, 4) is 0 Å². The van der Waals surface area contributed by atoms with Crippen LogP contribution in [0.2, 0.25) is 0 Å². The molecule has 0 spiro atoms. The van der Waals surface area contributed by atoms with Gasteiger partial charge in [-0.15, -0.1) is 0 Å². The Morgan fingerprint density at radius 2 is 1.60 bits per heavy atom. The van der Waals surface area contributed by atoms with E-state index in [0.717, 1.165) is 5.96 Å². The second kappa shape index (κ2) is 6.68. The first-order chi connectivity index (χ1) is 9.02. The van der Waals surface area contributed by atoms with Gasteiger partial charge in [-0.2, -0.15) is 0 Å². The molecule has 1 aliphatic carbocycles. The van der Waals surface area contributed by atoms with Crippen molar-refractivity contribution in [2.75, 3.05) is 28.2 Å². The zero-order valence-corrected chi connectivity index (χ0v) is 11.8. The summed E-state index contributed by atoms with van der Waals surface area (Å²) in [6.07, 6.45) is 0. The molecule has 10 heteroatoms. The van der Waals surface area contributed by atoms with Crippen LogP contribution < -0.4 is 16.6 Å². The van der Waals surface area contributed by atoms with Gasteiger partial charge in [-0.25, -0.2) is 0 Å². The molecule has 1 rings (SSSR count). The Hall–Kier alpha value is -2.39. The van der Waals surface area contributed by atoms with Gasteiger partial charge in [0.1, 0.15) is 5.92 Å². The molecule has 0 bridgehead atoms. The molecule has 0 aromatic carbocycles. The summed E-state index contributed by atoms with van der Waals surface area (Å²) in [5.41, 5.74) is 10.2. The third-order valence-electron chi connectivity index (χ3n) is 2.74. The number of primary amides is 1. The molecule has 4 N–H and O–H groups in total. The van der Waals surface area contributed by atoms with E-state index in [0.29, 0.717) is 0 Å². The van der Waals surface area contributed by atoms with Crippen LogP contribution in [0.1, 0.15) is 0 Å². The van der Waals surface area contributed by atoms with E-state index in [4.69, 9.17) is 11.5 Å². The predicted molar refractivity (Wildman–Crippen MR) is 67.0 cm³/mol. The van der Waals surface area contributed by atoms with Crippen LogP contribution in [0, 0.1) is 22.0 Å². The second-order valence-electron chi connectivity index (χ2n) is 4.70. The van der Waals surface area contributed by atoms with E-state index in [-0.39, 0.29) is 0 Å². The largest absolute Gasteiger partial charge is 0.550 e. The lowest BCUT2D eigenvalue weighted by atomic mass is 10.3. The molecule has 1 aliphatic rings. The van der Waals surface area contributed by atoms with Gasteiger partial charge in [-0.05, 0) is 0 Å². The summed E-state index contributed by atoms with van der Waals surface area (Å²) < 4.78 is 1.86. The molecule has 20 heavy (non-hydrogen) atoms. The zero-order valence-electron chi connectivity index (χ0n) is 11.8. The Kier molecular flexibility index (Phi) is 5.88. The van der Waals surface area contributed by atoms with E-state index >= 15 is 0 Å². The van der Waals surface area contributed by atoms with E-state index in [9.17, 15) is 24.8 Å². The Bertz CT molecular complexity index is 395. The van der Waals surface area contributed by atoms with E-state index < -0.39 is 34.7 Å². The molecule has 0 heterocycles. The normalized spacial score (nSPS) is 22.9. The quantitative estimate of drug-likeness (QED) is 0.177.